The van der Waals surface area contributed by atoms with Crippen LogP contribution in [0.3, 0.4) is 0 Å². The largest absolute Gasteiger partial charge is 0.352 e. The SMILES string of the molecule is NC1CCN(Cc2ccc3c(c2)C(=O)N(C2CCC(=O)NC2=O)C3)c2ncccc21. The number of amides is 3. The predicted molar refractivity (Wildman–Crippen MR) is 109 cm³/mol. The minimum absolute atomic E-state index is 0.00590. The summed E-state index contributed by atoms with van der Waals surface area (Å²) >= 11 is 0. The summed E-state index contributed by atoms with van der Waals surface area (Å²) in [5.41, 5.74) is 9.83. The Kier molecular flexibility index (Phi) is 4.51. The van der Waals surface area contributed by atoms with E-state index in [0.29, 0.717) is 25.1 Å². The highest BCUT2D eigenvalue weighted by molar-refractivity contribution is 6.05. The Morgan fingerprint density at radius 1 is 1.17 bits per heavy atom. The van der Waals surface area contributed by atoms with Gasteiger partial charge in [0.1, 0.15) is 11.9 Å². The van der Waals surface area contributed by atoms with Gasteiger partial charge in [-0.2, -0.15) is 0 Å². The molecule has 0 saturated carbocycles. The Bertz CT molecular complexity index is 1050. The third kappa shape index (κ3) is 3.13. The molecule has 0 spiro atoms. The second-order valence-corrected chi connectivity index (χ2v) is 8.12. The summed E-state index contributed by atoms with van der Waals surface area (Å²) in [6.45, 7) is 1.83. The van der Waals surface area contributed by atoms with Crippen molar-refractivity contribution in [3.8, 4) is 0 Å². The van der Waals surface area contributed by atoms with Crippen LogP contribution in [0.2, 0.25) is 0 Å². The number of nitrogens with zero attached hydrogens (tertiary/aromatic N) is 3. The number of pyridine rings is 1. The summed E-state index contributed by atoms with van der Waals surface area (Å²) < 4.78 is 0. The number of fused-ring (bicyclic) bond motifs is 2. The molecule has 154 valence electrons. The number of aromatic nitrogens is 1. The first kappa shape index (κ1) is 18.7. The molecule has 2 atom stereocenters. The van der Waals surface area contributed by atoms with Gasteiger partial charge in [-0.05, 0) is 36.1 Å². The fraction of sp³-hybridized carbons (Fsp3) is 0.364. The van der Waals surface area contributed by atoms with E-state index in [1.54, 1.807) is 11.1 Å². The van der Waals surface area contributed by atoms with Gasteiger partial charge in [-0.3, -0.25) is 19.7 Å². The minimum atomic E-state index is -0.592. The number of carbonyl (C=O) groups is 3. The van der Waals surface area contributed by atoms with Crippen LogP contribution in [0.1, 0.15) is 52.4 Å². The number of rotatable bonds is 3. The molecule has 1 saturated heterocycles. The van der Waals surface area contributed by atoms with Crippen molar-refractivity contribution in [2.45, 2.75) is 44.4 Å². The summed E-state index contributed by atoms with van der Waals surface area (Å²) in [4.78, 5) is 45.0. The summed E-state index contributed by atoms with van der Waals surface area (Å²) in [6, 6.07) is 9.23. The van der Waals surface area contributed by atoms with Crippen LogP contribution in [0.15, 0.2) is 36.5 Å². The fourth-order valence-electron chi connectivity index (χ4n) is 4.59. The Morgan fingerprint density at radius 3 is 2.87 bits per heavy atom. The fourth-order valence-corrected chi connectivity index (χ4v) is 4.59. The van der Waals surface area contributed by atoms with Gasteiger partial charge in [0.05, 0.1) is 0 Å². The quantitative estimate of drug-likeness (QED) is 0.744. The molecule has 5 rings (SSSR count). The molecule has 2 unspecified atom stereocenters. The van der Waals surface area contributed by atoms with E-state index < -0.39 is 6.04 Å². The van der Waals surface area contributed by atoms with Crippen molar-refractivity contribution >= 4 is 23.5 Å². The maximum absolute atomic E-state index is 13.0. The number of nitrogens with one attached hydrogen (secondary N) is 1. The lowest BCUT2D eigenvalue weighted by Gasteiger charge is -2.33. The highest BCUT2D eigenvalue weighted by Gasteiger charge is 2.39. The Balaban J connectivity index is 1.36. The number of anilines is 1. The standard InChI is InChI=1S/C22H23N5O3/c23-17-7-9-26(20-15(17)2-1-8-24-20)11-13-3-4-14-12-27(22(30)16(14)10-13)18-5-6-19(28)25-21(18)29/h1-4,8,10,17-18H,5-7,9,11-12,23H2,(H,25,28,29). The maximum atomic E-state index is 13.0. The Morgan fingerprint density at radius 2 is 2.03 bits per heavy atom. The van der Waals surface area contributed by atoms with Gasteiger partial charge in [0.2, 0.25) is 11.8 Å². The molecular weight excluding hydrogens is 382 g/mol. The van der Waals surface area contributed by atoms with Gasteiger partial charge < -0.3 is 15.5 Å². The van der Waals surface area contributed by atoms with Crippen molar-refractivity contribution < 1.29 is 14.4 Å². The molecule has 1 aromatic heterocycles. The third-order valence-corrected chi connectivity index (χ3v) is 6.19. The third-order valence-electron chi connectivity index (χ3n) is 6.19. The van der Waals surface area contributed by atoms with Crippen LogP contribution in [-0.2, 0) is 22.7 Å². The smallest absolute Gasteiger partial charge is 0.255 e. The monoisotopic (exact) mass is 405 g/mol. The van der Waals surface area contributed by atoms with Crippen molar-refractivity contribution in [3.05, 3.63) is 58.8 Å². The van der Waals surface area contributed by atoms with E-state index in [9.17, 15) is 14.4 Å². The minimum Gasteiger partial charge on any atom is -0.352 e. The lowest BCUT2D eigenvalue weighted by Crippen LogP contribution is -2.52. The molecule has 0 bridgehead atoms. The topological polar surface area (TPSA) is 109 Å². The van der Waals surface area contributed by atoms with Crippen LogP contribution in [0, 0.1) is 0 Å². The maximum Gasteiger partial charge on any atom is 0.255 e. The number of carbonyl (C=O) groups excluding carboxylic acids is 3. The van der Waals surface area contributed by atoms with Crippen molar-refractivity contribution in [1.29, 1.82) is 0 Å². The molecule has 3 aliphatic rings. The summed E-state index contributed by atoms with van der Waals surface area (Å²) in [7, 11) is 0. The molecule has 8 heteroatoms. The first-order valence-corrected chi connectivity index (χ1v) is 10.2. The molecule has 8 nitrogen and oxygen atoms in total. The van der Waals surface area contributed by atoms with E-state index in [1.165, 1.54) is 0 Å². The van der Waals surface area contributed by atoms with Crippen LogP contribution in [-0.4, -0.2) is 40.2 Å². The first-order valence-electron chi connectivity index (χ1n) is 10.2. The van der Waals surface area contributed by atoms with E-state index in [4.69, 9.17) is 5.73 Å². The van der Waals surface area contributed by atoms with Crippen molar-refractivity contribution in [1.82, 2.24) is 15.2 Å². The average molecular weight is 405 g/mol. The summed E-state index contributed by atoms with van der Waals surface area (Å²) in [5, 5.41) is 2.34. The molecule has 30 heavy (non-hydrogen) atoms. The zero-order valence-corrected chi connectivity index (χ0v) is 16.5. The molecule has 2 aromatic rings. The summed E-state index contributed by atoms with van der Waals surface area (Å²) in [6.07, 6.45) is 3.25. The predicted octanol–water partition coefficient (Wildman–Crippen LogP) is 1.25. The average Bonchev–Trinajstić information content (AvgIpc) is 3.06. The second-order valence-electron chi connectivity index (χ2n) is 8.12. The van der Waals surface area contributed by atoms with Gasteiger partial charge in [0, 0.05) is 49.4 Å². The Hall–Kier alpha value is -3.26. The number of hydrogen-bond donors (Lipinski definition) is 2. The molecule has 0 radical (unpaired) electrons. The molecule has 3 amide bonds. The van der Waals surface area contributed by atoms with Gasteiger partial charge in [-0.1, -0.05) is 18.2 Å². The highest BCUT2D eigenvalue weighted by Crippen LogP contribution is 2.32. The van der Waals surface area contributed by atoms with E-state index in [2.05, 4.69) is 15.2 Å². The van der Waals surface area contributed by atoms with E-state index in [-0.39, 0.29) is 30.2 Å². The molecule has 3 aliphatic heterocycles. The van der Waals surface area contributed by atoms with Crippen molar-refractivity contribution in [3.63, 3.8) is 0 Å². The molecule has 0 aliphatic carbocycles. The van der Waals surface area contributed by atoms with Crippen LogP contribution >= 0.6 is 0 Å². The van der Waals surface area contributed by atoms with E-state index in [0.717, 1.165) is 35.5 Å². The zero-order chi connectivity index (χ0) is 20.8. The van der Waals surface area contributed by atoms with E-state index in [1.807, 2.05) is 30.3 Å². The summed E-state index contributed by atoms with van der Waals surface area (Å²) in [5.74, 6) is 0.0755. The van der Waals surface area contributed by atoms with Crippen LogP contribution in [0.5, 0.6) is 0 Å². The first-order chi connectivity index (χ1) is 14.5. The molecule has 3 N–H and O–H groups in total. The van der Waals surface area contributed by atoms with Gasteiger partial charge >= 0.3 is 0 Å². The van der Waals surface area contributed by atoms with Gasteiger partial charge in [-0.15, -0.1) is 0 Å². The number of piperidine rings is 1. The number of hydrogen-bond acceptors (Lipinski definition) is 6. The number of benzene rings is 1. The van der Waals surface area contributed by atoms with Gasteiger partial charge in [0.25, 0.3) is 5.91 Å². The normalized spacial score (nSPS) is 23.3. The van der Waals surface area contributed by atoms with Crippen molar-refractivity contribution in [2.75, 3.05) is 11.4 Å². The van der Waals surface area contributed by atoms with Crippen LogP contribution < -0.4 is 16.0 Å². The highest BCUT2D eigenvalue weighted by atomic mass is 16.2. The molecule has 1 fully saturated rings. The molecule has 4 heterocycles. The van der Waals surface area contributed by atoms with Crippen LogP contribution in [0.25, 0.3) is 0 Å². The van der Waals surface area contributed by atoms with Crippen molar-refractivity contribution in [2.24, 2.45) is 5.73 Å². The number of imide groups is 1. The number of nitrogens with two attached hydrogens (primary N) is 1. The van der Waals surface area contributed by atoms with E-state index >= 15 is 0 Å². The van der Waals surface area contributed by atoms with Gasteiger partial charge in [-0.25, -0.2) is 4.98 Å². The van der Waals surface area contributed by atoms with Crippen LogP contribution in [0.4, 0.5) is 5.82 Å². The van der Waals surface area contributed by atoms with Gasteiger partial charge in [0.15, 0.2) is 0 Å². The lowest BCUT2D eigenvalue weighted by atomic mass is 9.99. The zero-order valence-electron chi connectivity index (χ0n) is 16.5. The second kappa shape index (κ2) is 7.21. The lowest BCUT2D eigenvalue weighted by molar-refractivity contribution is -0.136. The Labute approximate surface area is 174 Å². The molecule has 1 aromatic carbocycles. The molecular formula is C22H23N5O3.